The summed E-state index contributed by atoms with van der Waals surface area (Å²) in [5, 5.41) is 0. The van der Waals surface area contributed by atoms with Crippen LogP contribution in [0.1, 0.15) is 58.8 Å². The zero-order chi connectivity index (χ0) is 28.5. The van der Waals surface area contributed by atoms with E-state index in [1.165, 1.54) is 5.57 Å². The summed E-state index contributed by atoms with van der Waals surface area (Å²) in [4.78, 5) is 26.6. The van der Waals surface area contributed by atoms with Crippen molar-refractivity contribution < 1.29 is 22.9 Å². The van der Waals surface area contributed by atoms with Gasteiger partial charge in [0.1, 0.15) is 23.4 Å². The molecule has 0 bridgehead atoms. The molecule has 4 aliphatic rings. The van der Waals surface area contributed by atoms with E-state index in [1.807, 2.05) is 12.3 Å². The number of rotatable bonds is 7. The number of hydrogen-bond acceptors (Lipinski definition) is 5. The first-order chi connectivity index (χ1) is 17.2. The van der Waals surface area contributed by atoms with Crippen molar-refractivity contribution in [1.29, 1.82) is 0 Å². The first-order valence-corrected chi connectivity index (χ1v) is 25.0. The summed E-state index contributed by atoms with van der Waals surface area (Å²) >= 11 is 0. The average molecular weight is 577 g/mol. The van der Waals surface area contributed by atoms with Crippen molar-refractivity contribution in [3.8, 4) is 0 Å². The van der Waals surface area contributed by atoms with Crippen LogP contribution in [0.2, 0.25) is 58.9 Å². The topological polar surface area (TPSA) is 61.8 Å². The van der Waals surface area contributed by atoms with Crippen molar-refractivity contribution >= 4 is 36.5 Å². The van der Waals surface area contributed by atoms with Crippen LogP contribution in [0.25, 0.3) is 0 Å². The predicted octanol–water partition coefficient (Wildman–Crippen LogP) is 7.83. The Labute approximate surface area is 234 Å². The van der Waals surface area contributed by atoms with Crippen molar-refractivity contribution in [2.45, 2.75) is 123 Å². The molecule has 38 heavy (non-hydrogen) atoms. The molecular formula is C30H52O5Si3. The van der Waals surface area contributed by atoms with Gasteiger partial charge < -0.3 is 13.3 Å². The van der Waals surface area contributed by atoms with Crippen LogP contribution in [0.4, 0.5) is 0 Å². The molecular weight excluding hydrogens is 525 g/mol. The molecule has 0 aromatic carbocycles. The number of allylic oxidation sites excluding steroid dienone is 1. The summed E-state index contributed by atoms with van der Waals surface area (Å²) in [6.07, 6.45) is 9.45. The van der Waals surface area contributed by atoms with Gasteiger partial charge in [-0.25, -0.2) is 0 Å². The molecule has 0 unspecified atom stereocenters. The van der Waals surface area contributed by atoms with Crippen molar-refractivity contribution in [3.05, 3.63) is 23.7 Å². The second-order valence-electron chi connectivity index (χ2n) is 15.9. The molecule has 0 spiro atoms. The fourth-order valence-electron chi connectivity index (χ4n) is 8.28. The highest BCUT2D eigenvalue weighted by Crippen LogP contribution is 2.69. The third kappa shape index (κ3) is 5.36. The number of Topliss-reactive ketones (excluding diaryl/α,β-unsaturated/α-hetero) is 1. The van der Waals surface area contributed by atoms with Gasteiger partial charge in [0, 0.05) is 24.2 Å². The molecule has 0 heterocycles. The highest BCUT2D eigenvalue weighted by atomic mass is 28.4. The summed E-state index contributed by atoms with van der Waals surface area (Å²) in [7, 11) is -5.93. The number of hydrogen-bond donors (Lipinski definition) is 0. The van der Waals surface area contributed by atoms with Gasteiger partial charge in [0.2, 0.25) is 16.6 Å². The summed E-state index contributed by atoms with van der Waals surface area (Å²) in [5.41, 5.74) is 0.0133. The summed E-state index contributed by atoms with van der Waals surface area (Å²) in [5.74, 6) is 2.12. The van der Waals surface area contributed by atoms with Gasteiger partial charge in [0.15, 0.2) is 14.1 Å². The van der Waals surface area contributed by atoms with Crippen molar-refractivity contribution in [2.75, 3.05) is 0 Å². The maximum absolute atomic E-state index is 14.4. The second-order valence-corrected chi connectivity index (χ2v) is 29.2. The molecule has 0 N–H and O–H groups in total. The van der Waals surface area contributed by atoms with E-state index in [0.717, 1.165) is 37.9 Å². The molecule has 4 aliphatic carbocycles. The van der Waals surface area contributed by atoms with Gasteiger partial charge in [-0.1, -0.05) is 19.4 Å². The lowest BCUT2D eigenvalue weighted by molar-refractivity contribution is -0.155. The van der Waals surface area contributed by atoms with E-state index in [1.54, 1.807) is 0 Å². The Balaban J connectivity index is 1.83. The molecule has 4 rings (SSSR count). The summed E-state index contributed by atoms with van der Waals surface area (Å²) < 4.78 is 20.6. The number of carbonyl (C=O) groups is 2. The minimum Gasteiger partial charge on any atom is -0.547 e. The highest BCUT2D eigenvalue weighted by Gasteiger charge is 2.69. The maximum Gasteiger partial charge on any atom is 0.242 e. The quantitative estimate of drug-likeness (QED) is 0.228. The first kappa shape index (κ1) is 30.0. The van der Waals surface area contributed by atoms with Crippen LogP contribution in [0, 0.1) is 28.6 Å². The molecule has 0 aromatic heterocycles. The Morgan fingerprint density at radius 1 is 0.895 bits per heavy atom. The lowest BCUT2D eigenvalue weighted by atomic mass is 9.46. The third-order valence-corrected chi connectivity index (χ3v) is 12.2. The average Bonchev–Trinajstić information content (AvgIpc) is 3.01. The molecule has 0 amide bonds. The SMILES string of the molecule is C[C@]12CCC(=O)C=C1CC[C@@H]1[C@@H]2C(=O)C[C@@]2(C)[C@H]1CC[C@]2(O[Si](C)(C)C)/C(=C/O[Si](C)(C)C)O[Si](C)(C)C. The zero-order valence-corrected chi connectivity index (χ0v) is 28.9. The molecule has 8 heteroatoms. The van der Waals surface area contributed by atoms with Crippen LogP contribution in [-0.4, -0.2) is 42.1 Å². The van der Waals surface area contributed by atoms with Gasteiger partial charge in [-0.05, 0) is 114 Å². The van der Waals surface area contributed by atoms with Crippen LogP contribution in [0.5, 0.6) is 0 Å². The van der Waals surface area contributed by atoms with Crippen LogP contribution < -0.4 is 0 Å². The van der Waals surface area contributed by atoms with Gasteiger partial charge in [-0.15, -0.1) is 0 Å². The van der Waals surface area contributed by atoms with Crippen LogP contribution in [-0.2, 0) is 22.9 Å². The molecule has 3 saturated carbocycles. The number of ketones is 2. The zero-order valence-electron chi connectivity index (χ0n) is 25.9. The fourth-order valence-corrected chi connectivity index (χ4v) is 11.1. The molecule has 3 fully saturated rings. The predicted molar refractivity (Wildman–Crippen MR) is 161 cm³/mol. The monoisotopic (exact) mass is 576 g/mol. The van der Waals surface area contributed by atoms with Gasteiger partial charge in [0.25, 0.3) is 0 Å². The summed E-state index contributed by atoms with van der Waals surface area (Å²) in [6.45, 7) is 24.6. The third-order valence-electron chi connectivity index (χ3n) is 9.59. The Kier molecular flexibility index (Phi) is 7.54. The molecule has 6 atom stereocenters. The van der Waals surface area contributed by atoms with Crippen LogP contribution in [0.15, 0.2) is 23.7 Å². The van der Waals surface area contributed by atoms with E-state index in [2.05, 4.69) is 72.8 Å². The van der Waals surface area contributed by atoms with E-state index >= 15 is 0 Å². The largest absolute Gasteiger partial charge is 0.547 e. The van der Waals surface area contributed by atoms with Crippen molar-refractivity contribution in [3.63, 3.8) is 0 Å². The van der Waals surface area contributed by atoms with Crippen molar-refractivity contribution in [1.82, 2.24) is 0 Å². The molecule has 5 nitrogen and oxygen atoms in total. The Bertz CT molecular complexity index is 1050. The lowest BCUT2D eigenvalue weighted by Gasteiger charge is -2.59. The molecule has 0 radical (unpaired) electrons. The van der Waals surface area contributed by atoms with E-state index in [4.69, 9.17) is 13.3 Å². The minimum absolute atomic E-state index is 0.0000664. The number of carbonyl (C=O) groups excluding carboxylic acids is 2. The van der Waals surface area contributed by atoms with E-state index < -0.39 is 30.6 Å². The molecule has 214 valence electrons. The molecule has 0 saturated heterocycles. The fraction of sp³-hybridized carbons (Fsp3) is 0.800. The Morgan fingerprint density at radius 2 is 1.55 bits per heavy atom. The van der Waals surface area contributed by atoms with Gasteiger partial charge in [-0.2, -0.15) is 0 Å². The Morgan fingerprint density at radius 3 is 2.13 bits per heavy atom. The smallest absolute Gasteiger partial charge is 0.242 e. The Hall–Kier alpha value is -0.969. The first-order valence-electron chi connectivity index (χ1n) is 14.8. The lowest BCUT2D eigenvalue weighted by Crippen LogP contribution is -2.61. The van der Waals surface area contributed by atoms with E-state index in [0.29, 0.717) is 30.5 Å². The standard InChI is InChI=1S/C30H52O5Si3/c1-28-16-14-22(31)18-21(28)12-13-23-24-15-17-30(35-38(9,10)11,29(24,2)19-25(32)27(23)28)26(34-37(6,7)8)20-33-36(3,4)5/h18,20,23-24,27H,12-17,19H2,1-11H3/b26-20-/t23-,24-,27+,28-,29-,30-/m0/s1. The van der Waals surface area contributed by atoms with Crippen LogP contribution >= 0.6 is 0 Å². The van der Waals surface area contributed by atoms with Gasteiger partial charge in [-0.3, -0.25) is 9.59 Å². The van der Waals surface area contributed by atoms with E-state index in [9.17, 15) is 9.59 Å². The maximum atomic E-state index is 14.4. The normalized spacial score (nSPS) is 38.2. The molecule has 0 aliphatic heterocycles. The van der Waals surface area contributed by atoms with Gasteiger partial charge in [0.05, 0.1) is 0 Å². The minimum atomic E-state index is -2.05. The molecule has 0 aromatic rings. The van der Waals surface area contributed by atoms with Crippen molar-refractivity contribution in [2.24, 2.45) is 28.6 Å². The second kappa shape index (κ2) is 9.55. The van der Waals surface area contributed by atoms with Gasteiger partial charge >= 0.3 is 0 Å². The van der Waals surface area contributed by atoms with E-state index in [-0.39, 0.29) is 22.5 Å². The number of fused-ring (bicyclic) bond motifs is 5. The highest BCUT2D eigenvalue weighted by molar-refractivity contribution is 6.71. The van der Waals surface area contributed by atoms with Crippen LogP contribution in [0.3, 0.4) is 0 Å². The summed E-state index contributed by atoms with van der Waals surface area (Å²) in [6, 6.07) is 0.